The molecule has 0 radical (unpaired) electrons. The number of hydrogen-bond donors (Lipinski definition) is 1. The molecular formula is C15H18IN3S. The molecule has 0 fully saturated rings. The third kappa shape index (κ3) is 3.63. The summed E-state index contributed by atoms with van der Waals surface area (Å²) in [7, 11) is 0. The van der Waals surface area contributed by atoms with Crippen LogP contribution in [0.1, 0.15) is 36.8 Å². The van der Waals surface area contributed by atoms with Crippen LogP contribution >= 0.6 is 34.4 Å². The molecule has 0 aliphatic rings. The molecule has 0 unspecified atom stereocenters. The monoisotopic (exact) mass is 399 g/mol. The zero-order chi connectivity index (χ0) is 14.7. The minimum atomic E-state index is 0.356. The second-order valence-electron chi connectivity index (χ2n) is 4.93. The van der Waals surface area contributed by atoms with Crippen molar-refractivity contribution >= 4 is 40.2 Å². The lowest BCUT2D eigenvalue weighted by Gasteiger charge is -2.11. The van der Waals surface area contributed by atoms with Gasteiger partial charge < -0.3 is 5.73 Å². The molecule has 2 N–H and O–H groups in total. The average molecular weight is 399 g/mol. The van der Waals surface area contributed by atoms with E-state index in [2.05, 4.69) is 77.6 Å². The van der Waals surface area contributed by atoms with Gasteiger partial charge in [0.25, 0.3) is 0 Å². The normalized spacial score (nSPS) is 11.1. The van der Waals surface area contributed by atoms with Crippen molar-refractivity contribution in [1.82, 2.24) is 9.97 Å². The lowest BCUT2D eigenvalue weighted by Crippen LogP contribution is -2.08. The number of hydrogen-bond acceptors (Lipinski definition) is 4. The van der Waals surface area contributed by atoms with Crippen molar-refractivity contribution in [2.75, 3.05) is 5.73 Å². The molecule has 0 saturated carbocycles. The van der Waals surface area contributed by atoms with E-state index < -0.39 is 0 Å². The summed E-state index contributed by atoms with van der Waals surface area (Å²) in [6.45, 7) is 6.37. The predicted octanol–water partition coefficient (Wildman–Crippen LogP) is 4.39. The van der Waals surface area contributed by atoms with Crippen molar-refractivity contribution < 1.29 is 0 Å². The first-order valence-corrected chi connectivity index (χ1v) is 8.55. The molecule has 1 aromatic heterocycles. The zero-order valence-electron chi connectivity index (χ0n) is 11.9. The topological polar surface area (TPSA) is 51.8 Å². The van der Waals surface area contributed by atoms with Gasteiger partial charge in [0.1, 0.15) is 11.6 Å². The van der Waals surface area contributed by atoms with Crippen LogP contribution in [0.15, 0.2) is 29.2 Å². The largest absolute Gasteiger partial charge is 0.383 e. The van der Waals surface area contributed by atoms with Crippen LogP contribution in [0, 0.1) is 10.5 Å². The number of nitrogen functional groups attached to an aromatic ring is 1. The number of halogens is 1. The number of aryl methyl sites for hydroxylation is 1. The van der Waals surface area contributed by atoms with Gasteiger partial charge in [-0.3, -0.25) is 0 Å². The first-order chi connectivity index (χ1) is 9.49. The molecule has 2 rings (SSSR count). The van der Waals surface area contributed by atoms with Crippen molar-refractivity contribution in [3.8, 4) is 0 Å². The summed E-state index contributed by atoms with van der Waals surface area (Å²) in [5.74, 6) is 2.49. The van der Waals surface area contributed by atoms with Gasteiger partial charge in [0.05, 0.1) is 15.0 Å². The molecule has 0 aliphatic heterocycles. The van der Waals surface area contributed by atoms with Crippen LogP contribution in [0.2, 0.25) is 0 Å². The predicted molar refractivity (Wildman–Crippen MR) is 94.0 cm³/mol. The van der Waals surface area contributed by atoms with E-state index in [9.17, 15) is 0 Å². The van der Waals surface area contributed by atoms with E-state index >= 15 is 0 Å². The first kappa shape index (κ1) is 15.6. The number of anilines is 1. The number of aromatic nitrogens is 2. The Morgan fingerprint density at radius 2 is 1.95 bits per heavy atom. The SMILES string of the molecule is Cc1ccccc1SCc1nc(N)c(I)c(C(C)C)n1. The average Bonchev–Trinajstić information content (AvgIpc) is 2.41. The van der Waals surface area contributed by atoms with Gasteiger partial charge in [-0.1, -0.05) is 32.0 Å². The number of thioether (sulfide) groups is 1. The molecule has 0 aliphatic carbocycles. The second-order valence-corrected chi connectivity index (χ2v) is 7.03. The number of nitrogens with zero attached hydrogens (tertiary/aromatic N) is 2. The van der Waals surface area contributed by atoms with Crippen LogP contribution in [0.5, 0.6) is 0 Å². The lowest BCUT2D eigenvalue weighted by molar-refractivity contribution is 0.793. The van der Waals surface area contributed by atoms with Crippen LogP contribution < -0.4 is 5.73 Å². The molecule has 1 aromatic carbocycles. The van der Waals surface area contributed by atoms with Crippen molar-refractivity contribution in [2.45, 2.75) is 37.3 Å². The molecule has 0 saturated heterocycles. The van der Waals surface area contributed by atoms with Gasteiger partial charge in [-0.15, -0.1) is 11.8 Å². The highest BCUT2D eigenvalue weighted by molar-refractivity contribution is 14.1. The lowest BCUT2D eigenvalue weighted by atomic mass is 10.1. The fraction of sp³-hybridized carbons (Fsp3) is 0.333. The van der Waals surface area contributed by atoms with Gasteiger partial charge in [-0.2, -0.15) is 0 Å². The Morgan fingerprint density at radius 3 is 2.60 bits per heavy atom. The van der Waals surface area contributed by atoms with Crippen LogP contribution in [-0.4, -0.2) is 9.97 Å². The van der Waals surface area contributed by atoms with E-state index in [1.165, 1.54) is 10.5 Å². The Balaban J connectivity index is 2.20. The van der Waals surface area contributed by atoms with Crippen LogP contribution in [0.25, 0.3) is 0 Å². The van der Waals surface area contributed by atoms with E-state index in [0.29, 0.717) is 11.7 Å². The van der Waals surface area contributed by atoms with E-state index in [1.807, 2.05) is 0 Å². The van der Waals surface area contributed by atoms with Crippen molar-refractivity contribution in [1.29, 1.82) is 0 Å². The summed E-state index contributed by atoms with van der Waals surface area (Å²) >= 11 is 3.98. The summed E-state index contributed by atoms with van der Waals surface area (Å²) in [6, 6.07) is 8.35. The van der Waals surface area contributed by atoms with Crippen LogP contribution in [0.4, 0.5) is 5.82 Å². The Labute approximate surface area is 137 Å². The highest BCUT2D eigenvalue weighted by Gasteiger charge is 2.13. The molecule has 0 amide bonds. The number of benzene rings is 1. The van der Waals surface area contributed by atoms with Crippen LogP contribution in [0.3, 0.4) is 0 Å². The molecule has 20 heavy (non-hydrogen) atoms. The van der Waals surface area contributed by atoms with Gasteiger partial charge in [-0.25, -0.2) is 9.97 Å². The van der Waals surface area contributed by atoms with E-state index in [-0.39, 0.29) is 0 Å². The highest BCUT2D eigenvalue weighted by Crippen LogP contribution is 2.27. The quantitative estimate of drug-likeness (QED) is 0.612. The summed E-state index contributed by atoms with van der Waals surface area (Å²) in [4.78, 5) is 10.3. The molecule has 2 aromatic rings. The Hall–Kier alpha value is -0.820. The fourth-order valence-electron chi connectivity index (χ4n) is 1.84. The molecule has 3 nitrogen and oxygen atoms in total. The molecule has 1 heterocycles. The molecule has 0 spiro atoms. The molecular weight excluding hydrogens is 381 g/mol. The molecule has 5 heteroatoms. The summed E-state index contributed by atoms with van der Waals surface area (Å²) in [6.07, 6.45) is 0. The maximum absolute atomic E-state index is 5.99. The highest BCUT2D eigenvalue weighted by atomic mass is 127. The van der Waals surface area contributed by atoms with E-state index in [4.69, 9.17) is 5.73 Å². The molecule has 0 atom stereocenters. The standard InChI is InChI=1S/C15H18IN3S/c1-9(2)14-13(16)15(17)19-12(18-14)8-20-11-7-5-4-6-10(11)3/h4-7,9H,8H2,1-3H3,(H2,17,18,19). The van der Waals surface area contributed by atoms with Crippen LogP contribution in [-0.2, 0) is 5.75 Å². The van der Waals surface area contributed by atoms with Crippen molar-refractivity contribution in [3.63, 3.8) is 0 Å². The maximum Gasteiger partial charge on any atom is 0.141 e. The first-order valence-electron chi connectivity index (χ1n) is 6.49. The third-order valence-electron chi connectivity index (χ3n) is 2.95. The molecule has 106 valence electrons. The Kier molecular flexibility index (Phi) is 5.26. The minimum Gasteiger partial charge on any atom is -0.383 e. The summed E-state index contributed by atoms with van der Waals surface area (Å²) < 4.78 is 0.974. The summed E-state index contributed by atoms with van der Waals surface area (Å²) in [5.41, 5.74) is 8.31. The van der Waals surface area contributed by atoms with Gasteiger partial charge >= 0.3 is 0 Å². The number of nitrogens with two attached hydrogens (primary N) is 1. The van der Waals surface area contributed by atoms with Gasteiger partial charge in [0, 0.05) is 4.90 Å². The number of rotatable bonds is 4. The van der Waals surface area contributed by atoms with Gasteiger partial charge in [0.15, 0.2) is 0 Å². The zero-order valence-corrected chi connectivity index (χ0v) is 14.8. The molecule has 0 bridgehead atoms. The Bertz CT molecular complexity index is 614. The second kappa shape index (κ2) is 6.76. The summed E-state index contributed by atoms with van der Waals surface area (Å²) in [5, 5.41) is 0. The third-order valence-corrected chi connectivity index (χ3v) is 5.22. The van der Waals surface area contributed by atoms with Gasteiger partial charge in [0.2, 0.25) is 0 Å². The van der Waals surface area contributed by atoms with Gasteiger partial charge in [-0.05, 0) is 47.1 Å². The van der Waals surface area contributed by atoms with E-state index in [0.717, 1.165) is 20.8 Å². The van der Waals surface area contributed by atoms with Crippen molar-refractivity contribution in [2.24, 2.45) is 0 Å². The Morgan fingerprint density at radius 1 is 1.25 bits per heavy atom. The smallest absolute Gasteiger partial charge is 0.141 e. The maximum atomic E-state index is 5.99. The minimum absolute atomic E-state index is 0.356. The van der Waals surface area contributed by atoms with Crippen molar-refractivity contribution in [3.05, 3.63) is 44.9 Å². The van der Waals surface area contributed by atoms with E-state index in [1.54, 1.807) is 11.8 Å². The fourth-order valence-corrected chi connectivity index (χ4v) is 3.59.